The van der Waals surface area contributed by atoms with Crippen LogP contribution in [0.4, 0.5) is 10.5 Å². The Labute approximate surface area is 198 Å². The van der Waals surface area contributed by atoms with Crippen LogP contribution >= 0.6 is 11.6 Å². The zero-order valence-corrected chi connectivity index (χ0v) is 19.5. The standard InChI is InChI=1S/C25H27ClN4O3/c1-3-11-33-25(32)30-10-9-29(15-16(30)2)24(31)18-7-8-20-21(26)14-22(28-23(20)13-18)17-5-4-6-19(27)12-17/h4-8,12-14,16H,3,9-11,15,27H2,1-2H3/t16-/m1/s1. The summed E-state index contributed by atoms with van der Waals surface area (Å²) in [7, 11) is 0. The average molecular weight is 467 g/mol. The summed E-state index contributed by atoms with van der Waals surface area (Å²) >= 11 is 6.52. The molecule has 2 N–H and O–H groups in total. The fraction of sp³-hybridized carbons (Fsp3) is 0.320. The number of nitrogen functional groups attached to an aromatic ring is 1. The minimum Gasteiger partial charge on any atom is -0.449 e. The first-order valence-corrected chi connectivity index (χ1v) is 11.4. The molecule has 1 aliphatic heterocycles. The van der Waals surface area contributed by atoms with Crippen LogP contribution in [0, 0.1) is 0 Å². The molecule has 2 aromatic carbocycles. The molecule has 1 aromatic heterocycles. The molecule has 7 nitrogen and oxygen atoms in total. The number of amides is 2. The smallest absolute Gasteiger partial charge is 0.410 e. The van der Waals surface area contributed by atoms with E-state index in [4.69, 9.17) is 27.1 Å². The van der Waals surface area contributed by atoms with Crippen molar-refractivity contribution >= 4 is 40.2 Å². The van der Waals surface area contributed by atoms with E-state index in [1.807, 2.05) is 44.2 Å². The lowest BCUT2D eigenvalue weighted by Crippen LogP contribution is -2.55. The van der Waals surface area contributed by atoms with Gasteiger partial charge in [0.05, 0.1) is 22.8 Å². The van der Waals surface area contributed by atoms with Crippen molar-refractivity contribution in [1.29, 1.82) is 0 Å². The van der Waals surface area contributed by atoms with Gasteiger partial charge in [-0.1, -0.05) is 36.7 Å². The Morgan fingerprint density at radius 3 is 2.73 bits per heavy atom. The number of fused-ring (bicyclic) bond motifs is 1. The Hall–Kier alpha value is -3.32. The summed E-state index contributed by atoms with van der Waals surface area (Å²) in [5, 5.41) is 1.34. The Balaban J connectivity index is 1.56. The number of benzene rings is 2. The molecule has 2 heterocycles. The maximum atomic E-state index is 13.2. The molecule has 0 saturated carbocycles. The lowest BCUT2D eigenvalue weighted by molar-refractivity contribution is 0.0412. The summed E-state index contributed by atoms with van der Waals surface area (Å²) in [5.74, 6) is -0.0994. The predicted octanol–water partition coefficient (Wildman–Crippen LogP) is 4.83. The van der Waals surface area contributed by atoms with Crippen LogP contribution in [0.1, 0.15) is 30.6 Å². The maximum Gasteiger partial charge on any atom is 0.410 e. The van der Waals surface area contributed by atoms with Crippen LogP contribution in [0.5, 0.6) is 0 Å². The second kappa shape index (κ2) is 9.67. The molecule has 3 aromatic rings. The monoisotopic (exact) mass is 466 g/mol. The van der Waals surface area contributed by atoms with Crippen LogP contribution in [0.3, 0.4) is 0 Å². The lowest BCUT2D eigenvalue weighted by Gasteiger charge is -2.39. The molecule has 0 radical (unpaired) electrons. The number of piperazine rings is 1. The van der Waals surface area contributed by atoms with E-state index >= 15 is 0 Å². The number of ether oxygens (including phenoxy) is 1. The van der Waals surface area contributed by atoms with Crippen molar-refractivity contribution in [3.8, 4) is 11.3 Å². The van der Waals surface area contributed by atoms with Crippen LogP contribution in [0.15, 0.2) is 48.5 Å². The minimum atomic E-state index is -0.324. The zero-order chi connectivity index (χ0) is 23.5. The number of hydrogen-bond donors (Lipinski definition) is 1. The molecule has 0 aliphatic carbocycles. The number of carbonyl (C=O) groups is 2. The van der Waals surface area contributed by atoms with Crippen molar-refractivity contribution < 1.29 is 14.3 Å². The van der Waals surface area contributed by atoms with Gasteiger partial charge >= 0.3 is 6.09 Å². The van der Waals surface area contributed by atoms with Gasteiger partial charge in [-0.15, -0.1) is 0 Å². The number of hydrogen-bond acceptors (Lipinski definition) is 5. The van der Waals surface area contributed by atoms with Gasteiger partial charge in [0, 0.05) is 47.9 Å². The van der Waals surface area contributed by atoms with Crippen molar-refractivity contribution in [2.75, 3.05) is 32.0 Å². The number of nitrogens with zero attached hydrogens (tertiary/aromatic N) is 3. The van der Waals surface area contributed by atoms with Crippen LogP contribution in [0.25, 0.3) is 22.2 Å². The largest absolute Gasteiger partial charge is 0.449 e. The van der Waals surface area contributed by atoms with Crippen molar-refractivity contribution in [1.82, 2.24) is 14.8 Å². The van der Waals surface area contributed by atoms with E-state index in [0.29, 0.717) is 53.7 Å². The highest BCUT2D eigenvalue weighted by Gasteiger charge is 2.31. The second-order valence-corrected chi connectivity index (χ2v) is 8.66. The first-order valence-electron chi connectivity index (χ1n) is 11.1. The van der Waals surface area contributed by atoms with Crippen molar-refractivity contribution in [3.63, 3.8) is 0 Å². The van der Waals surface area contributed by atoms with E-state index in [0.717, 1.165) is 17.4 Å². The third-order valence-electron chi connectivity index (χ3n) is 5.77. The molecule has 172 valence electrons. The van der Waals surface area contributed by atoms with Gasteiger partial charge in [0.2, 0.25) is 0 Å². The third kappa shape index (κ3) is 4.88. The van der Waals surface area contributed by atoms with Gasteiger partial charge in [0.1, 0.15) is 0 Å². The van der Waals surface area contributed by atoms with Crippen LogP contribution in [-0.4, -0.2) is 59.1 Å². The minimum absolute atomic E-state index is 0.0994. The molecule has 33 heavy (non-hydrogen) atoms. The highest BCUT2D eigenvalue weighted by molar-refractivity contribution is 6.35. The number of anilines is 1. The normalized spacial score (nSPS) is 16.2. The van der Waals surface area contributed by atoms with Crippen LogP contribution < -0.4 is 5.73 Å². The van der Waals surface area contributed by atoms with Crippen molar-refractivity contribution in [2.24, 2.45) is 0 Å². The quantitative estimate of drug-likeness (QED) is 0.556. The molecule has 1 fully saturated rings. The van der Waals surface area contributed by atoms with E-state index in [1.54, 1.807) is 28.0 Å². The molecule has 8 heteroatoms. The van der Waals surface area contributed by atoms with Crippen molar-refractivity contribution in [2.45, 2.75) is 26.3 Å². The SMILES string of the molecule is CCCOC(=O)N1CCN(C(=O)c2ccc3c(Cl)cc(-c4cccc(N)c4)nc3c2)C[C@H]1C. The summed E-state index contributed by atoms with van der Waals surface area (Å²) in [4.78, 5) is 33.6. The predicted molar refractivity (Wildman–Crippen MR) is 130 cm³/mol. The number of rotatable bonds is 4. The lowest BCUT2D eigenvalue weighted by atomic mass is 10.1. The molecule has 1 atom stereocenters. The number of carbonyl (C=O) groups excluding carboxylic acids is 2. The van der Waals surface area contributed by atoms with Gasteiger partial charge < -0.3 is 20.3 Å². The Morgan fingerprint density at radius 2 is 2.00 bits per heavy atom. The summed E-state index contributed by atoms with van der Waals surface area (Å²) < 4.78 is 5.25. The molecule has 1 aliphatic rings. The molecular weight excluding hydrogens is 440 g/mol. The number of nitrogens with two attached hydrogens (primary N) is 1. The average Bonchev–Trinajstić information content (AvgIpc) is 2.81. The molecular formula is C25H27ClN4O3. The van der Waals surface area contributed by atoms with E-state index < -0.39 is 0 Å². The zero-order valence-electron chi connectivity index (χ0n) is 18.8. The Bertz CT molecular complexity index is 1200. The summed E-state index contributed by atoms with van der Waals surface area (Å²) in [6.45, 7) is 5.60. The van der Waals surface area contributed by atoms with E-state index in [-0.39, 0.29) is 18.0 Å². The van der Waals surface area contributed by atoms with E-state index in [9.17, 15) is 9.59 Å². The molecule has 0 spiro atoms. The van der Waals surface area contributed by atoms with Gasteiger partial charge in [-0.05, 0) is 43.7 Å². The number of aromatic nitrogens is 1. The Kier molecular flexibility index (Phi) is 6.70. The molecule has 0 bridgehead atoms. The van der Waals surface area contributed by atoms with Gasteiger partial charge in [0.15, 0.2) is 0 Å². The van der Waals surface area contributed by atoms with Gasteiger partial charge in [0.25, 0.3) is 5.91 Å². The topological polar surface area (TPSA) is 88.8 Å². The number of halogens is 1. The van der Waals surface area contributed by atoms with E-state index in [2.05, 4.69) is 0 Å². The highest BCUT2D eigenvalue weighted by atomic mass is 35.5. The van der Waals surface area contributed by atoms with Gasteiger partial charge in [-0.2, -0.15) is 0 Å². The third-order valence-corrected chi connectivity index (χ3v) is 6.08. The molecule has 0 unspecified atom stereocenters. The maximum absolute atomic E-state index is 13.2. The summed E-state index contributed by atoms with van der Waals surface area (Å²) in [6.07, 6.45) is 0.452. The highest BCUT2D eigenvalue weighted by Crippen LogP contribution is 2.30. The summed E-state index contributed by atoms with van der Waals surface area (Å²) in [6, 6.07) is 14.5. The van der Waals surface area contributed by atoms with Crippen LogP contribution in [-0.2, 0) is 4.74 Å². The van der Waals surface area contributed by atoms with Crippen LogP contribution in [0.2, 0.25) is 5.02 Å². The molecule has 4 rings (SSSR count). The fourth-order valence-electron chi connectivity index (χ4n) is 4.03. The second-order valence-electron chi connectivity index (χ2n) is 8.25. The van der Waals surface area contributed by atoms with Crippen molar-refractivity contribution in [3.05, 3.63) is 59.1 Å². The molecule has 2 amide bonds. The fourth-order valence-corrected chi connectivity index (χ4v) is 4.30. The van der Waals surface area contributed by atoms with E-state index in [1.165, 1.54) is 0 Å². The van der Waals surface area contributed by atoms with Gasteiger partial charge in [-0.3, -0.25) is 4.79 Å². The Morgan fingerprint density at radius 1 is 1.18 bits per heavy atom. The first kappa shape index (κ1) is 22.9. The van der Waals surface area contributed by atoms with Gasteiger partial charge in [-0.25, -0.2) is 9.78 Å². The first-order chi connectivity index (χ1) is 15.9. The number of pyridine rings is 1. The molecule has 1 saturated heterocycles. The summed E-state index contributed by atoms with van der Waals surface area (Å²) in [5.41, 5.74) is 9.27.